The number of nitrogens with one attached hydrogen (secondary N) is 2. The van der Waals surface area contributed by atoms with E-state index in [0.29, 0.717) is 33.4 Å². The van der Waals surface area contributed by atoms with Gasteiger partial charge in [-0.25, -0.2) is 9.37 Å². The number of pyridine rings is 1. The Balaban J connectivity index is 1.92. The number of aromatic nitrogens is 2. The summed E-state index contributed by atoms with van der Waals surface area (Å²) in [6.07, 6.45) is 0. The van der Waals surface area contributed by atoms with Crippen LogP contribution < -0.4 is 5.32 Å². The molecule has 2 aromatic heterocycles. The quantitative estimate of drug-likeness (QED) is 0.405. The molecule has 0 aliphatic carbocycles. The summed E-state index contributed by atoms with van der Waals surface area (Å²) in [4.78, 5) is 30.7. The lowest BCUT2D eigenvalue weighted by Crippen LogP contribution is -2.30. The fourth-order valence-corrected chi connectivity index (χ4v) is 3.16. The SMILES string of the molecule is O=C(O)CNC(=O)c1nc(-c2ccccc2)c2[nH]c(-c3ccc(F)cc3)cc2c1O. The molecular weight excluding hydrogens is 389 g/mol. The van der Waals surface area contributed by atoms with E-state index < -0.39 is 18.4 Å². The number of halogens is 1. The first-order chi connectivity index (χ1) is 14.4. The summed E-state index contributed by atoms with van der Waals surface area (Å²) in [5, 5.41) is 22.1. The van der Waals surface area contributed by atoms with Crippen molar-refractivity contribution in [2.75, 3.05) is 6.54 Å². The van der Waals surface area contributed by atoms with Crippen molar-refractivity contribution in [1.29, 1.82) is 0 Å². The summed E-state index contributed by atoms with van der Waals surface area (Å²) in [7, 11) is 0. The monoisotopic (exact) mass is 405 g/mol. The number of nitrogens with zero attached hydrogens (tertiary/aromatic N) is 1. The summed E-state index contributed by atoms with van der Waals surface area (Å²) in [5.41, 5.74) is 2.60. The topological polar surface area (TPSA) is 115 Å². The van der Waals surface area contributed by atoms with Crippen LogP contribution in [0.4, 0.5) is 4.39 Å². The molecule has 0 atom stereocenters. The van der Waals surface area contributed by atoms with Gasteiger partial charge in [0.05, 0.1) is 11.2 Å². The highest BCUT2D eigenvalue weighted by Gasteiger charge is 2.22. The normalized spacial score (nSPS) is 10.8. The summed E-state index contributed by atoms with van der Waals surface area (Å²) in [6.45, 7) is -0.605. The summed E-state index contributed by atoms with van der Waals surface area (Å²) < 4.78 is 13.3. The van der Waals surface area contributed by atoms with E-state index in [1.165, 1.54) is 12.1 Å². The van der Waals surface area contributed by atoms with Gasteiger partial charge < -0.3 is 20.5 Å². The predicted molar refractivity (Wildman–Crippen MR) is 109 cm³/mol. The average molecular weight is 405 g/mol. The number of amides is 1. The number of hydrogen-bond acceptors (Lipinski definition) is 4. The number of aromatic amines is 1. The number of aromatic hydroxyl groups is 1. The maximum absolute atomic E-state index is 13.3. The van der Waals surface area contributed by atoms with Gasteiger partial charge in [0.1, 0.15) is 12.4 Å². The van der Waals surface area contributed by atoms with Gasteiger partial charge in [-0.15, -0.1) is 0 Å². The molecule has 150 valence electrons. The summed E-state index contributed by atoms with van der Waals surface area (Å²) >= 11 is 0. The zero-order valence-electron chi connectivity index (χ0n) is 15.5. The van der Waals surface area contributed by atoms with E-state index in [4.69, 9.17) is 5.11 Å². The van der Waals surface area contributed by atoms with Gasteiger partial charge in [0.25, 0.3) is 5.91 Å². The van der Waals surface area contributed by atoms with E-state index >= 15 is 0 Å². The van der Waals surface area contributed by atoms with Crippen molar-refractivity contribution < 1.29 is 24.2 Å². The Bertz CT molecular complexity index is 1250. The van der Waals surface area contributed by atoms with Gasteiger partial charge in [0.2, 0.25) is 0 Å². The van der Waals surface area contributed by atoms with Crippen molar-refractivity contribution in [3.63, 3.8) is 0 Å². The molecule has 0 spiro atoms. The largest absolute Gasteiger partial charge is 0.505 e. The maximum Gasteiger partial charge on any atom is 0.322 e. The number of rotatable bonds is 5. The second kappa shape index (κ2) is 7.67. The lowest BCUT2D eigenvalue weighted by Gasteiger charge is -2.09. The molecule has 4 aromatic rings. The van der Waals surface area contributed by atoms with Crippen molar-refractivity contribution in [1.82, 2.24) is 15.3 Å². The molecule has 4 rings (SSSR count). The number of H-pyrrole nitrogens is 1. The summed E-state index contributed by atoms with van der Waals surface area (Å²) in [6, 6.07) is 16.5. The average Bonchev–Trinajstić information content (AvgIpc) is 3.19. The predicted octanol–water partition coefficient (Wildman–Crippen LogP) is 3.56. The van der Waals surface area contributed by atoms with Crippen LogP contribution in [0.15, 0.2) is 60.7 Å². The number of aliphatic carboxylic acids is 1. The smallest absolute Gasteiger partial charge is 0.322 e. The Morgan fingerprint density at radius 3 is 2.40 bits per heavy atom. The van der Waals surface area contributed by atoms with Gasteiger partial charge in [0.15, 0.2) is 11.4 Å². The highest BCUT2D eigenvalue weighted by Crippen LogP contribution is 2.37. The van der Waals surface area contributed by atoms with Crippen LogP contribution in [-0.4, -0.2) is 38.6 Å². The lowest BCUT2D eigenvalue weighted by molar-refractivity contribution is -0.135. The van der Waals surface area contributed by atoms with Crippen LogP contribution in [0.2, 0.25) is 0 Å². The standard InChI is InChI=1S/C22H16FN3O4/c23-14-8-6-12(7-9-14)16-10-15-19(25-16)18(13-4-2-1-3-5-13)26-20(21(15)29)22(30)24-11-17(27)28/h1-10,25,29H,11H2,(H,24,30)(H,27,28). The number of carboxylic acids is 1. The molecule has 4 N–H and O–H groups in total. The minimum atomic E-state index is -1.22. The molecule has 2 heterocycles. The zero-order valence-corrected chi connectivity index (χ0v) is 15.5. The minimum absolute atomic E-state index is 0.285. The van der Waals surface area contributed by atoms with Crippen LogP contribution in [0.3, 0.4) is 0 Å². The van der Waals surface area contributed by atoms with Crippen LogP contribution >= 0.6 is 0 Å². The number of carboxylic acid groups (broad SMARTS) is 1. The van der Waals surface area contributed by atoms with E-state index in [1.807, 2.05) is 18.2 Å². The second-order valence-corrected chi connectivity index (χ2v) is 6.58. The third-order valence-corrected chi connectivity index (χ3v) is 4.58. The van der Waals surface area contributed by atoms with Crippen LogP contribution in [-0.2, 0) is 4.79 Å². The Labute approximate surface area is 169 Å². The molecule has 8 heteroatoms. The van der Waals surface area contributed by atoms with Gasteiger partial charge >= 0.3 is 5.97 Å². The molecular formula is C22H16FN3O4. The first-order valence-electron chi connectivity index (χ1n) is 9.01. The third-order valence-electron chi connectivity index (χ3n) is 4.58. The molecule has 0 unspecified atom stereocenters. The van der Waals surface area contributed by atoms with Crippen LogP contribution in [0.25, 0.3) is 33.4 Å². The molecule has 2 aromatic carbocycles. The van der Waals surface area contributed by atoms with Gasteiger partial charge in [-0.2, -0.15) is 0 Å². The number of fused-ring (bicyclic) bond motifs is 1. The van der Waals surface area contributed by atoms with Crippen LogP contribution in [0.5, 0.6) is 5.75 Å². The zero-order chi connectivity index (χ0) is 21.3. The molecule has 0 aliphatic rings. The molecule has 0 bridgehead atoms. The molecule has 0 aliphatic heterocycles. The Kier molecular flexibility index (Phi) is 4.89. The van der Waals surface area contributed by atoms with Gasteiger partial charge in [-0.3, -0.25) is 9.59 Å². The van der Waals surface area contributed by atoms with Crippen molar-refractivity contribution in [3.8, 4) is 28.3 Å². The van der Waals surface area contributed by atoms with E-state index in [0.717, 1.165) is 0 Å². The second-order valence-electron chi connectivity index (χ2n) is 6.58. The highest BCUT2D eigenvalue weighted by molar-refractivity contribution is 6.06. The van der Waals surface area contributed by atoms with Crippen molar-refractivity contribution >= 4 is 22.8 Å². The number of carbonyl (C=O) groups excluding carboxylic acids is 1. The Hall–Kier alpha value is -4.20. The molecule has 0 saturated carbocycles. The highest BCUT2D eigenvalue weighted by atomic mass is 19.1. The number of hydrogen-bond donors (Lipinski definition) is 4. The third kappa shape index (κ3) is 3.58. The van der Waals surface area contributed by atoms with Gasteiger partial charge in [0, 0.05) is 16.6 Å². The molecule has 0 fully saturated rings. The van der Waals surface area contributed by atoms with Crippen molar-refractivity contribution in [2.45, 2.75) is 0 Å². The molecule has 1 amide bonds. The van der Waals surface area contributed by atoms with E-state index in [9.17, 15) is 19.1 Å². The first-order valence-corrected chi connectivity index (χ1v) is 9.01. The minimum Gasteiger partial charge on any atom is -0.505 e. The van der Waals surface area contributed by atoms with E-state index in [1.54, 1.807) is 30.3 Å². The van der Waals surface area contributed by atoms with Crippen LogP contribution in [0, 0.1) is 5.82 Å². The molecule has 7 nitrogen and oxygen atoms in total. The van der Waals surface area contributed by atoms with E-state index in [2.05, 4.69) is 15.3 Å². The Morgan fingerprint density at radius 2 is 1.73 bits per heavy atom. The van der Waals surface area contributed by atoms with Crippen molar-refractivity contribution in [3.05, 3.63) is 72.2 Å². The van der Waals surface area contributed by atoms with Gasteiger partial charge in [-0.1, -0.05) is 30.3 Å². The molecule has 0 saturated heterocycles. The van der Waals surface area contributed by atoms with Gasteiger partial charge in [-0.05, 0) is 35.9 Å². The fourth-order valence-electron chi connectivity index (χ4n) is 3.16. The Morgan fingerprint density at radius 1 is 1.03 bits per heavy atom. The van der Waals surface area contributed by atoms with E-state index in [-0.39, 0.29) is 17.3 Å². The van der Waals surface area contributed by atoms with Crippen LogP contribution in [0.1, 0.15) is 10.5 Å². The molecule has 30 heavy (non-hydrogen) atoms. The fraction of sp³-hybridized carbons (Fsp3) is 0.0455. The van der Waals surface area contributed by atoms with Crippen molar-refractivity contribution in [2.24, 2.45) is 0 Å². The first kappa shape index (κ1) is 19.1. The number of carbonyl (C=O) groups is 2. The maximum atomic E-state index is 13.3. The summed E-state index contributed by atoms with van der Waals surface area (Å²) in [5.74, 6) is -2.77. The number of benzene rings is 2. The lowest BCUT2D eigenvalue weighted by atomic mass is 10.1. The molecule has 0 radical (unpaired) electrons.